The van der Waals surface area contributed by atoms with Crippen molar-refractivity contribution in [2.75, 3.05) is 10.6 Å². The number of nitrogens with zero attached hydrogens (tertiary/aromatic N) is 2. The molecule has 0 radical (unpaired) electrons. The highest BCUT2D eigenvalue weighted by Crippen LogP contribution is 2.44. The Morgan fingerprint density at radius 3 is 2.13 bits per heavy atom. The maximum atomic E-state index is 6.65. The summed E-state index contributed by atoms with van der Waals surface area (Å²) in [7, 11) is 0. The molecular weight excluding hydrogens is 681 g/mol. The summed E-state index contributed by atoms with van der Waals surface area (Å²) >= 11 is 1.85. The first kappa shape index (κ1) is 33.7. The number of thiophene rings is 1. The van der Waals surface area contributed by atoms with Crippen LogP contribution in [0.5, 0.6) is 11.5 Å². The van der Waals surface area contributed by atoms with Gasteiger partial charge in [-0.1, -0.05) is 87.0 Å². The Morgan fingerprint density at radius 2 is 1.33 bits per heavy atom. The monoisotopic (exact) mass is 722 g/mol. The summed E-state index contributed by atoms with van der Waals surface area (Å²) in [6.07, 6.45) is 1.94. The number of rotatable bonds is 7. The molecule has 5 nitrogen and oxygen atoms in total. The van der Waals surface area contributed by atoms with Crippen LogP contribution in [-0.2, 0) is 5.41 Å². The average molecular weight is 723 g/mol. The second-order valence-corrected chi connectivity index (χ2v) is 16.4. The van der Waals surface area contributed by atoms with Gasteiger partial charge in [0.15, 0.2) is 0 Å². The lowest BCUT2D eigenvalue weighted by atomic mass is 9.88. The molecule has 0 aliphatic rings. The molecule has 0 amide bonds. The van der Waals surface area contributed by atoms with E-state index >= 15 is 0 Å². The van der Waals surface area contributed by atoms with Gasteiger partial charge in [-0.05, 0) is 97.5 Å². The summed E-state index contributed by atoms with van der Waals surface area (Å²) in [4.78, 5) is 4.98. The largest absolute Gasteiger partial charge is 0.457 e. The average Bonchev–Trinajstić information content (AvgIpc) is 3.69. The van der Waals surface area contributed by atoms with Crippen molar-refractivity contribution in [2.24, 2.45) is 0 Å². The van der Waals surface area contributed by atoms with E-state index in [4.69, 9.17) is 9.72 Å². The zero-order chi connectivity index (χ0) is 37.1. The van der Waals surface area contributed by atoms with Crippen LogP contribution in [0.2, 0.25) is 0 Å². The molecule has 3 heterocycles. The van der Waals surface area contributed by atoms with Crippen molar-refractivity contribution in [3.05, 3.63) is 156 Å². The Kier molecular flexibility index (Phi) is 8.16. The lowest BCUT2D eigenvalue weighted by Gasteiger charge is -2.20. The fourth-order valence-corrected chi connectivity index (χ4v) is 8.95. The van der Waals surface area contributed by atoms with Crippen LogP contribution < -0.4 is 15.4 Å². The maximum Gasteiger partial charge on any atom is 0.137 e. The van der Waals surface area contributed by atoms with E-state index in [9.17, 15) is 0 Å². The number of anilines is 4. The van der Waals surface area contributed by atoms with Crippen LogP contribution in [0.3, 0.4) is 0 Å². The van der Waals surface area contributed by atoms with E-state index in [1.54, 1.807) is 0 Å². The third-order valence-electron chi connectivity index (χ3n) is 10.3. The van der Waals surface area contributed by atoms with Crippen LogP contribution in [-0.4, -0.2) is 9.55 Å². The van der Waals surface area contributed by atoms with Gasteiger partial charge in [-0.3, -0.25) is 4.57 Å². The maximum absolute atomic E-state index is 6.65. The summed E-state index contributed by atoms with van der Waals surface area (Å²) in [5.74, 6) is 2.41. The molecule has 54 heavy (non-hydrogen) atoms. The molecular formula is C48H42N4OS. The summed E-state index contributed by atoms with van der Waals surface area (Å²) in [6.45, 7) is 13.2. The molecule has 0 saturated carbocycles. The van der Waals surface area contributed by atoms with Crippen LogP contribution in [0.25, 0.3) is 47.8 Å². The van der Waals surface area contributed by atoms with Crippen molar-refractivity contribution in [3.63, 3.8) is 0 Å². The first-order chi connectivity index (χ1) is 26.1. The molecule has 0 bridgehead atoms. The van der Waals surface area contributed by atoms with Gasteiger partial charge in [0.2, 0.25) is 0 Å². The Balaban J connectivity index is 1.11. The number of pyridine rings is 1. The SMILES string of the molecule is Cc1cc(C)c(Nc2ccccc2Nc2cccc(Oc3ccc4c5ccc6c7ccccc7sc6c5n(-c5cc(C(C)(C)C)ccn5)c4c3)c2)c(C)c1. The fraction of sp³-hybridized carbons (Fsp3) is 0.146. The van der Waals surface area contributed by atoms with E-state index in [-0.39, 0.29) is 5.41 Å². The van der Waals surface area contributed by atoms with Gasteiger partial charge in [0.05, 0.1) is 27.1 Å². The summed E-state index contributed by atoms with van der Waals surface area (Å²) in [5.41, 5.74) is 11.2. The van der Waals surface area contributed by atoms with E-state index < -0.39 is 0 Å². The molecule has 0 unspecified atom stereocenters. The lowest BCUT2D eigenvalue weighted by molar-refractivity contribution is 0.483. The number of nitrogens with one attached hydrogen (secondary N) is 2. The number of aromatic nitrogens is 2. The van der Waals surface area contributed by atoms with Crippen molar-refractivity contribution in [2.45, 2.75) is 47.0 Å². The number of aryl methyl sites for hydroxylation is 3. The molecule has 0 aliphatic carbocycles. The fourth-order valence-electron chi connectivity index (χ4n) is 7.71. The third kappa shape index (κ3) is 6.02. The van der Waals surface area contributed by atoms with Crippen molar-refractivity contribution in [1.82, 2.24) is 9.55 Å². The van der Waals surface area contributed by atoms with Crippen LogP contribution in [0, 0.1) is 20.8 Å². The quantitative estimate of drug-likeness (QED) is 0.172. The van der Waals surface area contributed by atoms with Gasteiger partial charge in [-0.15, -0.1) is 11.3 Å². The summed E-state index contributed by atoms with van der Waals surface area (Å²) in [5, 5.41) is 12.2. The van der Waals surface area contributed by atoms with Gasteiger partial charge >= 0.3 is 0 Å². The van der Waals surface area contributed by atoms with E-state index in [0.29, 0.717) is 0 Å². The van der Waals surface area contributed by atoms with Gasteiger partial charge in [-0.25, -0.2) is 4.98 Å². The molecule has 9 aromatic rings. The molecule has 9 rings (SSSR count). The van der Waals surface area contributed by atoms with Gasteiger partial charge in [0.1, 0.15) is 17.3 Å². The molecule has 6 aromatic carbocycles. The van der Waals surface area contributed by atoms with E-state index in [0.717, 1.165) is 45.6 Å². The number of hydrogen-bond acceptors (Lipinski definition) is 5. The van der Waals surface area contributed by atoms with Gasteiger partial charge in [-0.2, -0.15) is 0 Å². The minimum Gasteiger partial charge on any atom is -0.457 e. The van der Waals surface area contributed by atoms with Crippen LogP contribution >= 0.6 is 11.3 Å². The summed E-state index contributed by atoms with van der Waals surface area (Å²) in [6, 6.07) is 44.9. The topological polar surface area (TPSA) is 51.1 Å². The zero-order valence-corrected chi connectivity index (χ0v) is 32.2. The second kappa shape index (κ2) is 13.1. The molecule has 0 saturated heterocycles. The molecule has 3 aromatic heterocycles. The Hall–Kier alpha value is -6.11. The molecule has 2 N–H and O–H groups in total. The molecule has 0 fully saturated rings. The zero-order valence-electron chi connectivity index (χ0n) is 31.4. The van der Waals surface area contributed by atoms with E-state index in [1.165, 1.54) is 58.7 Å². The molecule has 266 valence electrons. The highest BCUT2D eigenvalue weighted by molar-refractivity contribution is 7.26. The van der Waals surface area contributed by atoms with E-state index in [2.05, 4.69) is 166 Å². The smallest absolute Gasteiger partial charge is 0.137 e. The summed E-state index contributed by atoms with van der Waals surface area (Å²) < 4.78 is 11.5. The first-order valence-corrected chi connectivity index (χ1v) is 19.3. The Morgan fingerprint density at radius 1 is 0.630 bits per heavy atom. The van der Waals surface area contributed by atoms with Gasteiger partial charge in [0.25, 0.3) is 0 Å². The first-order valence-electron chi connectivity index (χ1n) is 18.4. The predicted octanol–water partition coefficient (Wildman–Crippen LogP) is 14.0. The predicted molar refractivity (Wildman–Crippen MR) is 230 cm³/mol. The number of benzene rings is 6. The molecule has 6 heteroatoms. The van der Waals surface area contributed by atoms with Crippen molar-refractivity contribution in [3.8, 4) is 17.3 Å². The normalized spacial score (nSPS) is 11.9. The van der Waals surface area contributed by atoms with Crippen molar-refractivity contribution < 1.29 is 4.74 Å². The molecule has 0 spiro atoms. The molecule has 0 atom stereocenters. The van der Waals surface area contributed by atoms with E-state index in [1.807, 2.05) is 35.7 Å². The highest BCUT2D eigenvalue weighted by Gasteiger charge is 2.21. The van der Waals surface area contributed by atoms with Gasteiger partial charge in [0, 0.05) is 55.9 Å². The minimum absolute atomic E-state index is 0.0220. The van der Waals surface area contributed by atoms with Crippen LogP contribution in [0.15, 0.2) is 134 Å². The number of fused-ring (bicyclic) bond motifs is 7. The second-order valence-electron chi connectivity index (χ2n) is 15.3. The Bertz CT molecular complexity index is 2870. The lowest BCUT2D eigenvalue weighted by Crippen LogP contribution is -2.12. The number of ether oxygens (including phenoxy) is 1. The van der Waals surface area contributed by atoms with Crippen molar-refractivity contribution >= 4 is 76.1 Å². The van der Waals surface area contributed by atoms with Crippen LogP contribution in [0.1, 0.15) is 43.0 Å². The number of hydrogen-bond donors (Lipinski definition) is 2. The molecule has 0 aliphatic heterocycles. The van der Waals surface area contributed by atoms with Gasteiger partial charge < -0.3 is 15.4 Å². The number of para-hydroxylation sites is 2. The standard InChI is InChI=1S/C48H42N4OS/c1-29-24-30(2)45(31(3)25-29)51-41-16-9-8-15-40(41)50-33-12-11-13-34(27-33)53-35-18-19-36-38-20-21-39-37-14-7-10-17-43(37)54-47(39)46(38)52(42(36)28-35)44-26-32(22-23-49-44)48(4,5)6/h7-28,50-51H,1-6H3. The minimum atomic E-state index is -0.0220. The van der Waals surface area contributed by atoms with Crippen LogP contribution in [0.4, 0.5) is 22.7 Å². The highest BCUT2D eigenvalue weighted by atomic mass is 32.1. The Labute approximate surface area is 319 Å². The third-order valence-corrected chi connectivity index (χ3v) is 11.5. The van der Waals surface area contributed by atoms with Crippen molar-refractivity contribution in [1.29, 1.82) is 0 Å².